The predicted molar refractivity (Wildman–Crippen MR) is 93.3 cm³/mol. The number of rotatable bonds is 1. The molecule has 0 saturated heterocycles. The Bertz CT molecular complexity index is 642. The van der Waals surface area contributed by atoms with Crippen LogP contribution in [0.3, 0.4) is 0 Å². The molecule has 0 radical (unpaired) electrons. The van der Waals surface area contributed by atoms with Gasteiger partial charge in [0.05, 0.1) is 3.92 Å². The summed E-state index contributed by atoms with van der Waals surface area (Å²) < 4.78 is 11.7. The predicted octanol–water partition coefficient (Wildman–Crippen LogP) is 4.10. The maximum atomic E-state index is 11.8. The average molecular weight is 408 g/mol. The summed E-state index contributed by atoms with van der Waals surface area (Å²) in [6, 6.07) is 18.0. The minimum absolute atomic E-state index is 0.0510. The molecular weight excluding hydrogens is 391 g/mol. The number of ether oxygens (including phenoxy) is 2. The van der Waals surface area contributed by atoms with Gasteiger partial charge >= 0.3 is 5.97 Å². The highest BCUT2D eigenvalue weighted by molar-refractivity contribution is 14.1. The van der Waals surface area contributed by atoms with Crippen molar-refractivity contribution in [2.24, 2.45) is 0 Å². The van der Waals surface area contributed by atoms with E-state index in [1.54, 1.807) is 0 Å². The molecule has 4 heteroatoms. The number of benzene rings is 2. The fourth-order valence-corrected chi connectivity index (χ4v) is 3.27. The molecule has 0 N–H and O–H groups in total. The molecule has 2 atom stereocenters. The summed E-state index contributed by atoms with van der Waals surface area (Å²) in [6.45, 7) is 0.362. The number of halogens is 1. The number of para-hydroxylation sites is 1. The third kappa shape index (κ3) is 3.61. The number of cyclic esters (lactones) is 1. The second-order valence-electron chi connectivity index (χ2n) is 5.26. The molecule has 2 unspecified atom stereocenters. The topological polar surface area (TPSA) is 35.5 Å². The molecule has 0 spiro atoms. The molecular formula is C18H17IO3. The summed E-state index contributed by atoms with van der Waals surface area (Å²) in [5.74, 6) is 0.706. The van der Waals surface area contributed by atoms with Gasteiger partial charge in [0.1, 0.15) is 18.5 Å². The summed E-state index contributed by atoms with van der Waals surface area (Å²) in [7, 11) is 0. The molecule has 0 aliphatic carbocycles. The van der Waals surface area contributed by atoms with Crippen LogP contribution in [0.1, 0.15) is 23.7 Å². The quantitative estimate of drug-likeness (QED) is 0.405. The van der Waals surface area contributed by atoms with E-state index in [-0.39, 0.29) is 16.0 Å². The number of aryl methyl sites for hydroxylation is 1. The number of carbonyl (C=O) groups is 1. The minimum Gasteiger partial charge on any atom is -0.484 e. The SMILES string of the molecule is O=C1CCc2ccccc2OC(c2ccccc2)C(I)CO1. The van der Waals surface area contributed by atoms with Gasteiger partial charge < -0.3 is 9.47 Å². The Morgan fingerprint density at radius 3 is 2.50 bits per heavy atom. The lowest BCUT2D eigenvalue weighted by molar-refractivity contribution is -0.144. The highest BCUT2D eigenvalue weighted by Crippen LogP contribution is 2.32. The molecule has 0 aromatic heterocycles. The lowest BCUT2D eigenvalue weighted by Gasteiger charge is -2.26. The van der Waals surface area contributed by atoms with E-state index >= 15 is 0 Å². The molecule has 1 aliphatic rings. The number of alkyl halides is 1. The van der Waals surface area contributed by atoms with Crippen molar-refractivity contribution in [1.29, 1.82) is 0 Å². The Hall–Kier alpha value is -1.56. The van der Waals surface area contributed by atoms with Crippen molar-refractivity contribution < 1.29 is 14.3 Å². The minimum atomic E-state index is -0.148. The van der Waals surface area contributed by atoms with Crippen molar-refractivity contribution in [2.45, 2.75) is 22.9 Å². The Kier molecular flexibility index (Phi) is 4.97. The van der Waals surface area contributed by atoms with Crippen molar-refractivity contribution in [1.82, 2.24) is 0 Å². The number of esters is 1. The molecule has 0 amide bonds. The zero-order valence-corrected chi connectivity index (χ0v) is 14.2. The summed E-state index contributed by atoms with van der Waals surface area (Å²) in [5, 5.41) is 0. The van der Waals surface area contributed by atoms with E-state index in [4.69, 9.17) is 9.47 Å². The Labute approximate surface area is 143 Å². The van der Waals surface area contributed by atoms with E-state index < -0.39 is 0 Å². The van der Waals surface area contributed by atoms with Gasteiger partial charge in [-0.05, 0) is 23.6 Å². The number of fused-ring (bicyclic) bond motifs is 1. The fraction of sp³-hybridized carbons (Fsp3) is 0.278. The van der Waals surface area contributed by atoms with Crippen LogP contribution in [0.25, 0.3) is 0 Å². The largest absolute Gasteiger partial charge is 0.484 e. The second-order valence-corrected chi connectivity index (χ2v) is 6.86. The second kappa shape index (κ2) is 7.13. The molecule has 0 fully saturated rings. The third-order valence-corrected chi connectivity index (χ3v) is 4.70. The molecule has 3 nitrogen and oxygen atoms in total. The van der Waals surface area contributed by atoms with Gasteiger partial charge in [0.15, 0.2) is 0 Å². The van der Waals surface area contributed by atoms with Gasteiger partial charge in [-0.1, -0.05) is 71.1 Å². The zero-order chi connectivity index (χ0) is 15.4. The monoisotopic (exact) mass is 408 g/mol. The van der Waals surface area contributed by atoms with Gasteiger partial charge in [0.25, 0.3) is 0 Å². The number of carbonyl (C=O) groups excluding carboxylic acids is 1. The van der Waals surface area contributed by atoms with Gasteiger partial charge in [-0.2, -0.15) is 0 Å². The molecule has 0 bridgehead atoms. The van der Waals surface area contributed by atoms with Crippen LogP contribution in [0, 0.1) is 0 Å². The van der Waals surface area contributed by atoms with E-state index in [1.165, 1.54) is 0 Å². The number of hydrogen-bond acceptors (Lipinski definition) is 3. The van der Waals surface area contributed by atoms with E-state index in [2.05, 4.69) is 22.6 Å². The van der Waals surface area contributed by atoms with Gasteiger partial charge in [-0.15, -0.1) is 0 Å². The molecule has 1 aliphatic heterocycles. The van der Waals surface area contributed by atoms with Gasteiger partial charge in [0.2, 0.25) is 0 Å². The van der Waals surface area contributed by atoms with Crippen LogP contribution >= 0.6 is 22.6 Å². The third-order valence-electron chi connectivity index (χ3n) is 3.69. The summed E-state index contributed by atoms with van der Waals surface area (Å²) >= 11 is 2.30. The van der Waals surface area contributed by atoms with Crippen LogP contribution in [-0.4, -0.2) is 16.5 Å². The van der Waals surface area contributed by atoms with E-state index in [0.717, 1.165) is 16.9 Å². The highest BCUT2D eigenvalue weighted by atomic mass is 127. The molecule has 114 valence electrons. The molecule has 1 heterocycles. The van der Waals surface area contributed by atoms with Crippen molar-refractivity contribution in [2.75, 3.05) is 6.61 Å². The number of hydrogen-bond donors (Lipinski definition) is 0. The Morgan fingerprint density at radius 1 is 0.955 bits per heavy atom. The van der Waals surface area contributed by atoms with Crippen LogP contribution < -0.4 is 4.74 Å². The lowest BCUT2D eigenvalue weighted by atomic mass is 10.0. The summed E-state index contributed by atoms with van der Waals surface area (Å²) in [6.07, 6.45) is 0.885. The van der Waals surface area contributed by atoms with Crippen molar-refractivity contribution in [3.05, 3.63) is 65.7 Å². The van der Waals surface area contributed by atoms with Crippen LogP contribution in [0.15, 0.2) is 54.6 Å². The maximum absolute atomic E-state index is 11.8. The fourth-order valence-electron chi connectivity index (χ4n) is 2.52. The van der Waals surface area contributed by atoms with Crippen LogP contribution in [-0.2, 0) is 16.0 Å². The summed E-state index contributed by atoms with van der Waals surface area (Å²) in [5.41, 5.74) is 2.14. The first-order chi connectivity index (χ1) is 10.7. The molecule has 22 heavy (non-hydrogen) atoms. The average Bonchev–Trinajstić information content (AvgIpc) is 2.57. The normalized spacial score (nSPS) is 22.1. The van der Waals surface area contributed by atoms with Crippen LogP contribution in [0.5, 0.6) is 5.75 Å². The highest BCUT2D eigenvalue weighted by Gasteiger charge is 2.26. The van der Waals surface area contributed by atoms with E-state index in [0.29, 0.717) is 19.4 Å². The maximum Gasteiger partial charge on any atom is 0.306 e. The van der Waals surface area contributed by atoms with Crippen molar-refractivity contribution in [3.63, 3.8) is 0 Å². The van der Waals surface area contributed by atoms with Crippen molar-refractivity contribution >= 4 is 28.6 Å². The van der Waals surface area contributed by atoms with Gasteiger partial charge in [0, 0.05) is 6.42 Å². The smallest absolute Gasteiger partial charge is 0.306 e. The van der Waals surface area contributed by atoms with E-state index in [9.17, 15) is 4.79 Å². The Balaban J connectivity index is 1.97. The van der Waals surface area contributed by atoms with Gasteiger partial charge in [-0.25, -0.2) is 0 Å². The van der Waals surface area contributed by atoms with Crippen LogP contribution in [0.2, 0.25) is 0 Å². The zero-order valence-electron chi connectivity index (χ0n) is 12.1. The van der Waals surface area contributed by atoms with Crippen molar-refractivity contribution in [3.8, 4) is 5.75 Å². The first kappa shape index (κ1) is 15.3. The van der Waals surface area contributed by atoms with Crippen LogP contribution in [0.4, 0.5) is 0 Å². The van der Waals surface area contributed by atoms with E-state index in [1.807, 2.05) is 54.6 Å². The first-order valence-corrected chi connectivity index (χ1v) is 8.58. The molecule has 0 saturated carbocycles. The van der Waals surface area contributed by atoms with Gasteiger partial charge in [-0.3, -0.25) is 4.79 Å². The summed E-state index contributed by atoms with van der Waals surface area (Å²) in [4.78, 5) is 11.8. The lowest BCUT2D eigenvalue weighted by Crippen LogP contribution is -2.26. The molecule has 3 rings (SSSR count). The Morgan fingerprint density at radius 2 is 1.68 bits per heavy atom. The first-order valence-electron chi connectivity index (χ1n) is 7.33. The molecule has 2 aromatic carbocycles. The standard InChI is InChI=1S/C18H17IO3/c19-15-12-21-17(20)11-10-13-6-4-5-9-16(13)22-18(15)14-7-2-1-3-8-14/h1-9,15,18H,10-12H2. The molecule has 2 aromatic rings.